The lowest BCUT2D eigenvalue weighted by Crippen LogP contribution is -2.27. The topological polar surface area (TPSA) is 109 Å². The summed E-state index contributed by atoms with van der Waals surface area (Å²) in [6, 6.07) is 1.95. The molecule has 3 aromatic heterocycles. The largest absolute Gasteiger partial charge is 0.389 e. The molecule has 4 heterocycles. The minimum atomic E-state index is -0.893. The van der Waals surface area contributed by atoms with Gasteiger partial charge in [-0.2, -0.15) is 9.97 Å². The number of aliphatic hydroxyl groups excluding tert-OH is 2. The van der Waals surface area contributed by atoms with Crippen LogP contribution in [0.3, 0.4) is 0 Å². The molecule has 8 nitrogen and oxygen atoms in total. The zero-order chi connectivity index (χ0) is 18.3. The highest BCUT2D eigenvalue weighted by Gasteiger charge is 2.36. The molecule has 0 aromatic carbocycles. The van der Waals surface area contributed by atoms with E-state index in [0.29, 0.717) is 29.3 Å². The molecule has 0 amide bonds. The number of pyridine rings is 1. The molecule has 3 N–H and O–H groups in total. The molecule has 4 rings (SSSR count). The van der Waals surface area contributed by atoms with Crippen molar-refractivity contribution in [1.82, 2.24) is 24.5 Å². The Labute approximate surface area is 166 Å². The average molecular weight is 458 g/mol. The summed E-state index contributed by atoms with van der Waals surface area (Å²) in [5.74, 6) is 0.947. The molecule has 136 valence electrons. The zero-order valence-electron chi connectivity index (χ0n) is 13.3. The monoisotopic (exact) mass is 456 g/mol. The second-order valence-electron chi connectivity index (χ2n) is 5.81. The van der Waals surface area contributed by atoms with Crippen molar-refractivity contribution in [2.75, 3.05) is 11.1 Å². The Hall–Kier alpha value is -1.46. The summed E-state index contributed by atoms with van der Waals surface area (Å²) in [4.78, 5) is 17.0. The molecular formula is C15H14BrClN6O2S. The van der Waals surface area contributed by atoms with Crippen molar-refractivity contribution in [3.05, 3.63) is 40.1 Å². The first-order valence-electron chi connectivity index (χ1n) is 7.74. The molecule has 0 radical (unpaired) electrons. The van der Waals surface area contributed by atoms with Gasteiger partial charge in [0.2, 0.25) is 5.28 Å². The van der Waals surface area contributed by atoms with E-state index in [1.54, 1.807) is 23.3 Å². The van der Waals surface area contributed by atoms with E-state index in [2.05, 4.69) is 41.2 Å². The van der Waals surface area contributed by atoms with Crippen LogP contribution in [0.5, 0.6) is 0 Å². The molecule has 1 saturated heterocycles. The standard InChI is InChI=1S/C15H14BrClN6O2S/c16-8-1-7(2-18-4-8)3-19-12-10-13(22-15(17)21-12)23(6-20-10)14-11(25)9(24)5-26-14/h1-2,4,6,9,11,14,24-25H,3,5H2,(H,19,21,22)/t9?,11?,14-/m1/s1. The van der Waals surface area contributed by atoms with Gasteiger partial charge in [-0.25, -0.2) is 4.98 Å². The molecule has 0 bridgehead atoms. The van der Waals surface area contributed by atoms with E-state index in [4.69, 9.17) is 11.6 Å². The number of hydrogen-bond donors (Lipinski definition) is 3. The minimum absolute atomic E-state index is 0.0761. The van der Waals surface area contributed by atoms with Gasteiger partial charge in [0.05, 0.1) is 12.4 Å². The van der Waals surface area contributed by atoms with Crippen LogP contribution in [0, 0.1) is 0 Å². The number of nitrogens with one attached hydrogen (secondary N) is 1. The van der Waals surface area contributed by atoms with Gasteiger partial charge in [0.25, 0.3) is 0 Å². The molecule has 2 unspecified atom stereocenters. The molecule has 3 atom stereocenters. The molecule has 1 aliphatic rings. The first-order chi connectivity index (χ1) is 12.5. The molecule has 11 heteroatoms. The van der Waals surface area contributed by atoms with Crippen LogP contribution in [-0.2, 0) is 6.54 Å². The number of fused-ring (bicyclic) bond motifs is 1. The average Bonchev–Trinajstić information content (AvgIpc) is 3.17. The first kappa shape index (κ1) is 17.9. The van der Waals surface area contributed by atoms with Crippen LogP contribution in [0.2, 0.25) is 5.28 Å². The number of halogens is 2. The second-order valence-corrected chi connectivity index (χ2v) is 8.22. The molecule has 1 fully saturated rings. The van der Waals surface area contributed by atoms with Crippen molar-refractivity contribution in [2.45, 2.75) is 24.1 Å². The van der Waals surface area contributed by atoms with Gasteiger partial charge in [0, 0.05) is 29.2 Å². The molecule has 0 spiro atoms. The summed E-state index contributed by atoms with van der Waals surface area (Å²) >= 11 is 10.9. The number of rotatable bonds is 4. The Balaban J connectivity index is 1.66. The Morgan fingerprint density at radius 2 is 2.19 bits per heavy atom. The highest BCUT2D eigenvalue weighted by Crippen LogP contribution is 2.38. The van der Waals surface area contributed by atoms with Crippen molar-refractivity contribution < 1.29 is 10.2 Å². The molecule has 0 aliphatic carbocycles. The summed E-state index contributed by atoms with van der Waals surface area (Å²) in [5, 5.41) is 22.9. The summed E-state index contributed by atoms with van der Waals surface area (Å²) < 4.78 is 2.61. The van der Waals surface area contributed by atoms with Crippen LogP contribution < -0.4 is 5.32 Å². The maximum atomic E-state index is 10.2. The number of aromatic nitrogens is 5. The van der Waals surface area contributed by atoms with Crippen LogP contribution in [0.4, 0.5) is 5.82 Å². The van der Waals surface area contributed by atoms with Gasteiger partial charge in [-0.3, -0.25) is 9.55 Å². The van der Waals surface area contributed by atoms with E-state index >= 15 is 0 Å². The van der Waals surface area contributed by atoms with Crippen molar-refractivity contribution in [2.24, 2.45) is 0 Å². The van der Waals surface area contributed by atoms with Gasteiger partial charge in [-0.15, -0.1) is 11.8 Å². The Morgan fingerprint density at radius 1 is 1.35 bits per heavy atom. The van der Waals surface area contributed by atoms with E-state index in [1.165, 1.54) is 11.8 Å². The fourth-order valence-electron chi connectivity index (χ4n) is 2.77. The van der Waals surface area contributed by atoms with Crippen LogP contribution in [0.1, 0.15) is 10.9 Å². The number of hydrogen-bond acceptors (Lipinski definition) is 8. The quantitative estimate of drug-likeness (QED) is 0.512. The summed E-state index contributed by atoms with van der Waals surface area (Å²) in [6.07, 6.45) is 3.38. The highest BCUT2D eigenvalue weighted by molar-refractivity contribution is 9.10. The zero-order valence-corrected chi connectivity index (χ0v) is 16.4. The first-order valence-corrected chi connectivity index (χ1v) is 9.96. The van der Waals surface area contributed by atoms with E-state index in [1.807, 2.05) is 6.07 Å². The van der Waals surface area contributed by atoms with Crippen LogP contribution in [0.15, 0.2) is 29.3 Å². The third-order valence-corrected chi connectivity index (χ3v) is 6.00. The third kappa shape index (κ3) is 3.39. The lowest BCUT2D eigenvalue weighted by Gasteiger charge is -2.17. The summed E-state index contributed by atoms with van der Waals surface area (Å²) in [5.41, 5.74) is 2.02. The number of aliphatic hydroxyl groups is 2. The summed E-state index contributed by atoms with van der Waals surface area (Å²) in [6.45, 7) is 0.487. The SMILES string of the molecule is OC1CS[C@@H](n2cnc3c(NCc4cncc(Br)c4)nc(Cl)nc32)C1O. The lowest BCUT2D eigenvalue weighted by molar-refractivity contribution is 0.0313. The van der Waals surface area contributed by atoms with Crippen LogP contribution >= 0.6 is 39.3 Å². The Morgan fingerprint density at radius 3 is 2.92 bits per heavy atom. The lowest BCUT2D eigenvalue weighted by atomic mass is 10.2. The Kier molecular flexibility index (Phi) is 5.02. The number of nitrogens with zero attached hydrogens (tertiary/aromatic N) is 5. The van der Waals surface area contributed by atoms with Crippen molar-refractivity contribution in [3.63, 3.8) is 0 Å². The van der Waals surface area contributed by atoms with Crippen molar-refractivity contribution in [3.8, 4) is 0 Å². The predicted molar refractivity (Wildman–Crippen MR) is 103 cm³/mol. The van der Waals surface area contributed by atoms with Crippen LogP contribution in [-0.4, -0.2) is 52.7 Å². The molecule has 0 saturated carbocycles. The number of imidazole rings is 1. The molecular weight excluding hydrogens is 444 g/mol. The molecule has 26 heavy (non-hydrogen) atoms. The Bertz CT molecular complexity index is 957. The van der Waals surface area contributed by atoms with E-state index in [9.17, 15) is 10.2 Å². The normalized spacial score (nSPS) is 22.8. The van der Waals surface area contributed by atoms with Gasteiger partial charge < -0.3 is 15.5 Å². The fraction of sp³-hybridized carbons (Fsp3) is 0.333. The van der Waals surface area contributed by atoms with E-state index in [-0.39, 0.29) is 10.7 Å². The van der Waals surface area contributed by atoms with Gasteiger partial charge in [-0.1, -0.05) is 0 Å². The maximum absolute atomic E-state index is 10.2. The smallest absolute Gasteiger partial charge is 0.226 e. The second kappa shape index (κ2) is 7.28. The van der Waals surface area contributed by atoms with Crippen molar-refractivity contribution >= 4 is 56.3 Å². The molecule has 3 aromatic rings. The van der Waals surface area contributed by atoms with Gasteiger partial charge in [0.1, 0.15) is 11.5 Å². The number of thioether (sulfide) groups is 1. The van der Waals surface area contributed by atoms with Gasteiger partial charge in [-0.05, 0) is 39.2 Å². The van der Waals surface area contributed by atoms with E-state index in [0.717, 1.165) is 10.0 Å². The highest BCUT2D eigenvalue weighted by atomic mass is 79.9. The van der Waals surface area contributed by atoms with Crippen LogP contribution in [0.25, 0.3) is 11.2 Å². The number of anilines is 1. The van der Waals surface area contributed by atoms with E-state index < -0.39 is 12.2 Å². The van der Waals surface area contributed by atoms with Gasteiger partial charge >= 0.3 is 0 Å². The molecule has 1 aliphatic heterocycles. The maximum Gasteiger partial charge on any atom is 0.226 e. The predicted octanol–water partition coefficient (Wildman–Crippen LogP) is 2.22. The van der Waals surface area contributed by atoms with Crippen molar-refractivity contribution in [1.29, 1.82) is 0 Å². The summed E-state index contributed by atoms with van der Waals surface area (Å²) in [7, 11) is 0. The van der Waals surface area contributed by atoms with Gasteiger partial charge in [0.15, 0.2) is 17.0 Å². The minimum Gasteiger partial charge on any atom is -0.389 e. The fourth-order valence-corrected chi connectivity index (χ4v) is 4.63. The third-order valence-electron chi connectivity index (χ3n) is 4.01.